The number of nitrogens with zero attached hydrogens (tertiary/aromatic N) is 5. The van der Waals surface area contributed by atoms with Crippen LogP contribution in [0.3, 0.4) is 0 Å². The number of carbonyl (C=O) groups is 2. The maximum Gasteiger partial charge on any atom is 0.262 e. The van der Waals surface area contributed by atoms with Gasteiger partial charge in [-0.05, 0) is 35.2 Å². The van der Waals surface area contributed by atoms with Crippen LogP contribution in [0.1, 0.15) is 50.9 Å². The SMILES string of the molecule is Cn1cccc1C1=NN(C(=O)CN(CCN2CCOCC2)C(=O)CC(C)(C)C)C(c2ccc(Cl)cc2)C1. The fraction of sp³-hybridized carbons (Fsp3) is 0.536. The van der Waals surface area contributed by atoms with Crippen molar-refractivity contribution in [2.24, 2.45) is 17.6 Å². The molecule has 1 atom stereocenters. The molecule has 0 spiro atoms. The Morgan fingerprint density at radius 1 is 1.14 bits per heavy atom. The van der Waals surface area contributed by atoms with Gasteiger partial charge >= 0.3 is 0 Å². The molecule has 8 nitrogen and oxygen atoms in total. The Morgan fingerprint density at radius 3 is 2.46 bits per heavy atom. The minimum absolute atomic E-state index is 0.00669. The van der Waals surface area contributed by atoms with Crippen molar-refractivity contribution in [1.29, 1.82) is 0 Å². The molecule has 2 amide bonds. The van der Waals surface area contributed by atoms with Gasteiger partial charge in [-0.1, -0.05) is 44.5 Å². The summed E-state index contributed by atoms with van der Waals surface area (Å²) in [5.41, 5.74) is 2.62. The summed E-state index contributed by atoms with van der Waals surface area (Å²) in [6.45, 7) is 10.4. The van der Waals surface area contributed by atoms with Gasteiger partial charge < -0.3 is 14.2 Å². The van der Waals surface area contributed by atoms with Crippen molar-refractivity contribution in [2.45, 2.75) is 39.7 Å². The molecule has 0 N–H and O–H groups in total. The molecule has 0 aliphatic carbocycles. The highest BCUT2D eigenvalue weighted by Crippen LogP contribution is 2.33. The van der Waals surface area contributed by atoms with Gasteiger partial charge in [0.1, 0.15) is 6.54 Å². The molecule has 1 saturated heterocycles. The monoisotopic (exact) mass is 527 g/mol. The van der Waals surface area contributed by atoms with Gasteiger partial charge in [-0.3, -0.25) is 14.5 Å². The largest absolute Gasteiger partial charge is 0.379 e. The number of aryl methyl sites for hydroxylation is 1. The van der Waals surface area contributed by atoms with Gasteiger partial charge in [0, 0.05) is 57.3 Å². The van der Waals surface area contributed by atoms with E-state index in [4.69, 9.17) is 21.4 Å². The molecule has 2 aromatic rings. The lowest BCUT2D eigenvalue weighted by Gasteiger charge is -2.32. The molecule has 2 aliphatic heterocycles. The summed E-state index contributed by atoms with van der Waals surface area (Å²) in [4.78, 5) is 31.1. The third-order valence-electron chi connectivity index (χ3n) is 6.81. The summed E-state index contributed by atoms with van der Waals surface area (Å²) in [5, 5.41) is 7.00. The fourth-order valence-electron chi connectivity index (χ4n) is 4.78. The van der Waals surface area contributed by atoms with Crippen molar-refractivity contribution >= 4 is 29.1 Å². The molecule has 0 radical (unpaired) electrons. The molecule has 1 fully saturated rings. The number of halogens is 1. The average Bonchev–Trinajstić information content (AvgIpc) is 3.48. The van der Waals surface area contributed by atoms with Crippen LogP contribution in [0.25, 0.3) is 0 Å². The lowest BCUT2D eigenvalue weighted by atomic mass is 9.91. The first-order valence-electron chi connectivity index (χ1n) is 13.0. The zero-order valence-electron chi connectivity index (χ0n) is 22.3. The number of amides is 2. The molecular weight excluding hydrogens is 490 g/mol. The van der Waals surface area contributed by atoms with Crippen molar-refractivity contribution in [3.8, 4) is 0 Å². The summed E-state index contributed by atoms with van der Waals surface area (Å²) >= 11 is 6.13. The Kier molecular flexibility index (Phi) is 8.72. The van der Waals surface area contributed by atoms with E-state index in [9.17, 15) is 9.59 Å². The number of rotatable bonds is 8. The maximum absolute atomic E-state index is 13.8. The lowest BCUT2D eigenvalue weighted by Crippen LogP contribution is -2.47. The summed E-state index contributed by atoms with van der Waals surface area (Å²) in [7, 11) is 1.97. The number of hydrogen-bond acceptors (Lipinski definition) is 5. The average molecular weight is 528 g/mol. The van der Waals surface area contributed by atoms with Crippen molar-refractivity contribution in [3.63, 3.8) is 0 Å². The molecule has 0 saturated carbocycles. The zero-order chi connectivity index (χ0) is 26.6. The van der Waals surface area contributed by atoms with Crippen LogP contribution in [0.5, 0.6) is 0 Å². The van der Waals surface area contributed by atoms with Crippen LogP contribution in [0.15, 0.2) is 47.7 Å². The van der Waals surface area contributed by atoms with Crippen molar-refractivity contribution < 1.29 is 14.3 Å². The Balaban J connectivity index is 1.56. The quantitative estimate of drug-likeness (QED) is 0.521. The van der Waals surface area contributed by atoms with Gasteiger partial charge in [-0.15, -0.1) is 0 Å². The molecule has 9 heteroatoms. The molecule has 4 rings (SSSR count). The Bertz CT molecular complexity index is 1120. The van der Waals surface area contributed by atoms with Crippen LogP contribution in [0, 0.1) is 5.41 Å². The highest BCUT2D eigenvalue weighted by atomic mass is 35.5. The normalized spacial score (nSPS) is 18.7. The van der Waals surface area contributed by atoms with Crippen LogP contribution in [-0.4, -0.2) is 82.8 Å². The van der Waals surface area contributed by atoms with Gasteiger partial charge in [0.2, 0.25) is 5.91 Å². The summed E-state index contributed by atoms with van der Waals surface area (Å²) in [6.07, 6.45) is 2.94. The second-order valence-electron chi connectivity index (χ2n) is 11.1. The molecule has 37 heavy (non-hydrogen) atoms. The first-order valence-corrected chi connectivity index (χ1v) is 13.3. The summed E-state index contributed by atoms with van der Waals surface area (Å²) < 4.78 is 7.46. The minimum atomic E-state index is -0.256. The number of ether oxygens (including phenoxy) is 1. The van der Waals surface area contributed by atoms with Gasteiger partial charge in [-0.2, -0.15) is 5.10 Å². The van der Waals surface area contributed by atoms with E-state index in [-0.39, 0.29) is 29.8 Å². The predicted octanol–water partition coefficient (Wildman–Crippen LogP) is 3.95. The summed E-state index contributed by atoms with van der Waals surface area (Å²) in [5.74, 6) is -0.198. The molecule has 3 heterocycles. The van der Waals surface area contributed by atoms with E-state index in [1.54, 1.807) is 9.91 Å². The van der Waals surface area contributed by atoms with E-state index in [2.05, 4.69) is 4.90 Å². The van der Waals surface area contributed by atoms with Gasteiger partial charge in [0.05, 0.1) is 30.7 Å². The number of hydrogen-bond donors (Lipinski definition) is 0. The van der Waals surface area contributed by atoms with Crippen molar-refractivity contribution in [1.82, 2.24) is 19.4 Å². The Labute approximate surface area is 224 Å². The van der Waals surface area contributed by atoms with Crippen LogP contribution in [0.4, 0.5) is 0 Å². The van der Waals surface area contributed by atoms with E-state index in [0.29, 0.717) is 44.2 Å². The number of benzene rings is 1. The lowest BCUT2D eigenvalue weighted by molar-refractivity contribution is -0.142. The van der Waals surface area contributed by atoms with E-state index in [0.717, 1.165) is 30.1 Å². The third kappa shape index (κ3) is 7.21. The van der Waals surface area contributed by atoms with E-state index < -0.39 is 0 Å². The predicted molar refractivity (Wildman–Crippen MR) is 146 cm³/mol. The molecule has 1 unspecified atom stereocenters. The van der Waals surface area contributed by atoms with Gasteiger partial charge in [-0.25, -0.2) is 5.01 Å². The number of aromatic nitrogens is 1. The number of hydrazone groups is 1. The maximum atomic E-state index is 13.8. The Hall–Kier alpha value is -2.68. The highest BCUT2D eigenvalue weighted by molar-refractivity contribution is 6.30. The van der Waals surface area contributed by atoms with Crippen LogP contribution in [0.2, 0.25) is 5.02 Å². The van der Waals surface area contributed by atoms with Gasteiger partial charge in [0.15, 0.2) is 0 Å². The highest BCUT2D eigenvalue weighted by Gasteiger charge is 2.35. The number of carbonyl (C=O) groups excluding carboxylic acids is 2. The smallest absolute Gasteiger partial charge is 0.262 e. The minimum Gasteiger partial charge on any atom is -0.379 e. The molecule has 2 aliphatic rings. The van der Waals surface area contributed by atoms with E-state index in [1.807, 2.05) is 75.0 Å². The van der Waals surface area contributed by atoms with E-state index in [1.165, 1.54) is 0 Å². The van der Waals surface area contributed by atoms with Crippen molar-refractivity contribution in [2.75, 3.05) is 45.9 Å². The first kappa shape index (κ1) is 27.4. The second-order valence-corrected chi connectivity index (χ2v) is 11.5. The zero-order valence-corrected chi connectivity index (χ0v) is 23.1. The Morgan fingerprint density at radius 2 is 1.84 bits per heavy atom. The van der Waals surface area contributed by atoms with E-state index >= 15 is 0 Å². The fourth-order valence-corrected chi connectivity index (χ4v) is 4.91. The van der Waals surface area contributed by atoms with Crippen LogP contribution < -0.4 is 0 Å². The standard InChI is InChI=1S/C28H38ClN5O3/c1-28(2,3)19-26(35)33(13-12-32-14-16-37-17-15-32)20-27(36)34-25(21-7-9-22(29)10-8-21)18-23(30-34)24-6-5-11-31(24)4/h5-11,25H,12-20H2,1-4H3. The molecule has 200 valence electrons. The second kappa shape index (κ2) is 11.8. The topological polar surface area (TPSA) is 70.4 Å². The van der Waals surface area contributed by atoms with Crippen molar-refractivity contribution in [3.05, 3.63) is 58.9 Å². The first-order chi connectivity index (χ1) is 17.6. The molecular formula is C28H38ClN5O3. The molecule has 1 aromatic heterocycles. The van der Waals surface area contributed by atoms with Crippen LogP contribution in [-0.2, 0) is 21.4 Å². The van der Waals surface area contributed by atoms with Crippen LogP contribution >= 0.6 is 11.6 Å². The molecule has 1 aromatic carbocycles. The third-order valence-corrected chi connectivity index (χ3v) is 7.06. The summed E-state index contributed by atoms with van der Waals surface area (Å²) in [6, 6.07) is 11.3. The molecule has 0 bridgehead atoms. The van der Waals surface area contributed by atoms with Gasteiger partial charge in [0.25, 0.3) is 5.91 Å². The number of morpholine rings is 1.